The van der Waals surface area contributed by atoms with Crippen molar-refractivity contribution in [3.63, 3.8) is 0 Å². The van der Waals surface area contributed by atoms with E-state index in [0.29, 0.717) is 31.9 Å². The van der Waals surface area contributed by atoms with Crippen molar-refractivity contribution >= 4 is 11.8 Å². The maximum absolute atomic E-state index is 12.7. The van der Waals surface area contributed by atoms with Crippen LogP contribution in [0.1, 0.15) is 21.9 Å². The molecule has 2 atom stereocenters. The quantitative estimate of drug-likeness (QED) is 0.831. The Labute approximate surface area is 146 Å². The van der Waals surface area contributed by atoms with E-state index in [9.17, 15) is 9.59 Å². The van der Waals surface area contributed by atoms with Gasteiger partial charge in [0.2, 0.25) is 5.91 Å². The molecule has 0 aromatic carbocycles. The van der Waals surface area contributed by atoms with E-state index in [-0.39, 0.29) is 23.7 Å². The van der Waals surface area contributed by atoms with Gasteiger partial charge in [-0.15, -0.1) is 0 Å². The first-order chi connectivity index (χ1) is 12.0. The summed E-state index contributed by atoms with van der Waals surface area (Å²) in [6, 6.07) is 7.58. The molecule has 2 aromatic heterocycles. The Kier molecular flexibility index (Phi) is 3.78. The number of rotatable bonds is 3. The summed E-state index contributed by atoms with van der Waals surface area (Å²) in [6.45, 7) is 4.30. The number of hydrogen-bond acceptors (Lipinski definition) is 4. The average molecular weight is 339 g/mol. The second-order valence-electron chi connectivity index (χ2n) is 6.91. The Bertz CT molecular complexity index is 830. The Hall–Kier alpha value is -2.70. The smallest absolute Gasteiger partial charge is 0.272 e. The molecule has 2 saturated heterocycles. The standard InChI is InChI=1S/C18H21N5O2/c1-12-4-3-5-14(20-12)10-22-8-13-9-23(11-15(13)17(22)24)18(25)16-6-7-19-21(16)2/h3-7,13,15H,8-11H2,1-2H3/t13-,15+/m0/s1. The molecule has 0 unspecified atom stereocenters. The third-order valence-corrected chi connectivity index (χ3v) is 5.15. The molecule has 2 amide bonds. The lowest BCUT2D eigenvalue weighted by molar-refractivity contribution is -0.131. The molecule has 4 heterocycles. The second-order valence-corrected chi connectivity index (χ2v) is 6.91. The summed E-state index contributed by atoms with van der Waals surface area (Å²) >= 11 is 0. The number of aromatic nitrogens is 3. The van der Waals surface area contributed by atoms with E-state index in [0.717, 1.165) is 11.4 Å². The minimum absolute atomic E-state index is 0.0471. The molecule has 2 aliphatic heterocycles. The van der Waals surface area contributed by atoms with Crippen molar-refractivity contribution in [3.8, 4) is 0 Å². The first kappa shape index (κ1) is 15.8. The molecule has 0 N–H and O–H groups in total. The minimum atomic E-state index is -0.0954. The number of carbonyl (C=O) groups excluding carboxylic acids is 2. The highest BCUT2D eigenvalue weighted by Crippen LogP contribution is 2.33. The molecule has 25 heavy (non-hydrogen) atoms. The summed E-state index contributed by atoms with van der Waals surface area (Å²) in [5.41, 5.74) is 2.43. The summed E-state index contributed by atoms with van der Waals surface area (Å²) in [4.78, 5) is 33.5. The first-order valence-electron chi connectivity index (χ1n) is 8.51. The maximum atomic E-state index is 12.7. The van der Waals surface area contributed by atoms with Gasteiger partial charge in [-0.2, -0.15) is 5.10 Å². The predicted molar refractivity (Wildman–Crippen MR) is 90.5 cm³/mol. The van der Waals surface area contributed by atoms with Crippen LogP contribution in [0.2, 0.25) is 0 Å². The summed E-state index contributed by atoms with van der Waals surface area (Å²) in [6.07, 6.45) is 1.62. The van der Waals surface area contributed by atoms with Crippen molar-refractivity contribution in [3.05, 3.63) is 47.5 Å². The van der Waals surface area contributed by atoms with Gasteiger partial charge in [0.25, 0.3) is 5.91 Å². The molecular formula is C18H21N5O2. The summed E-state index contributed by atoms with van der Waals surface area (Å²) in [5.74, 6) is 0.194. The Balaban J connectivity index is 1.43. The van der Waals surface area contributed by atoms with Crippen LogP contribution in [-0.4, -0.2) is 56.0 Å². The number of pyridine rings is 1. The van der Waals surface area contributed by atoms with E-state index < -0.39 is 0 Å². The van der Waals surface area contributed by atoms with Gasteiger partial charge in [0.15, 0.2) is 0 Å². The number of aryl methyl sites for hydroxylation is 2. The zero-order valence-corrected chi connectivity index (χ0v) is 14.4. The van der Waals surface area contributed by atoms with Crippen molar-refractivity contribution in [2.75, 3.05) is 19.6 Å². The van der Waals surface area contributed by atoms with Crippen molar-refractivity contribution < 1.29 is 9.59 Å². The van der Waals surface area contributed by atoms with Crippen LogP contribution in [0, 0.1) is 18.8 Å². The number of amides is 2. The van der Waals surface area contributed by atoms with Gasteiger partial charge < -0.3 is 9.80 Å². The second kappa shape index (κ2) is 5.98. The fraction of sp³-hybridized carbons (Fsp3) is 0.444. The van der Waals surface area contributed by atoms with Crippen LogP contribution >= 0.6 is 0 Å². The van der Waals surface area contributed by atoms with Crippen molar-refractivity contribution in [1.29, 1.82) is 0 Å². The maximum Gasteiger partial charge on any atom is 0.272 e. The highest BCUT2D eigenvalue weighted by molar-refractivity contribution is 5.93. The lowest BCUT2D eigenvalue weighted by Gasteiger charge is -2.21. The summed E-state index contributed by atoms with van der Waals surface area (Å²) in [5, 5.41) is 4.05. The molecule has 0 bridgehead atoms. The van der Waals surface area contributed by atoms with Gasteiger partial charge >= 0.3 is 0 Å². The van der Waals surface area contributed by atoms with Gasteiger partial charge in [-0.25, -0.2) is 0 Å². The van der Waals surface area contributed by atoms with Gasteiger partial charge in [-0.05, 0) is 25.1 Å². The molecule has 7 nitrogen and oxygen atoms in total. The first-order valence-corrected chi connectivity index (χ1v) is 8.51. The van der Waals surface area contributed by atoms with Crippen LogP contribution in [0.4, 0.5) is 0 Å². The molecule has 0 saturated carbocycles. The topological polar surface area (TPSA) is 71.3 Å². The Morgan fingerprint density at radius 2 is 2.08 bits per heavy atom. The molecular weight excluding hydrogens is 318 g/mol. The van der Waals surface area contributed by atoms with Crippen molar-refractivity contribution in [2.45, 2.75) is 13.5 Å². The monoisotopic (exact) mass is 339 g/mol. The number of hydrogen-bond donors (Lipinski definition) is 0. The van der Waals surface area contributed by atoms with Crippen LogP contribution in [0.5, 0.6) is 0 Å². The van der Waals surface area contributed by atoms with Crippen LogP contribution in [0.25, 0.3) is 0 Å². The zero-order chi connectivity index (χ0) is 17.6. The van der Waals surface area contributed by atoms with E-state index in [1.807, 2.05) is 30.0 Å². The van der Waals surface area contributed by atoms with E-state index in [2.05, 4.69) is 10.1 Å². The van der Waals surface area contributed by atoms with Crippen LogP contribution in [0.3, 0.4) is 0 Å². The van der Waals surface area contributed by atoms with E-state index in [4.69, 9.17) is 0 Å². The summed E-state index contributed by atoms with van der Waals surface area (Å²) in [7, 11) is 1.76. The third-order valence-electron chi connectivity index (χ3n) is 5.15. The van der Waals surface area contributed by atoms with Crippen molar-refractivity contribution in [2.24, 2.45) is 18.9 Å². The molecule has 2 aliphatic rings. The molecule has 130 valence electrons. The van der Waals surface area contributed by atoms with Crippen LogP contribution in [-0.2, 0) is 18.4 Å². The van der Waals surface area contributed by atoms with Gasteiger partial charge in [-0.3, -0.25) is 19.3 Å². The Morgan fingerprint density at radius 3 is 2.76 bits per heavy atom. The Morgan fingerprint density at radius 1 is 1.24 bits per heavy atom. The lowest BCUT2D eigenvalue weighted by Crippen LogP contribution is -2.36. The third kappa shape index (κ3) is 2.79. The normalized spacial score (nSPS) is 22.6. The fourth-order valence-corrected chi connectivity index (χ4v) is 3.88. The van der Waals surface area contributed by atoms with E-state index >= 15 is 0 Å². The molecule has 7 heteroatoms. The number of likely N-dealkylation sites (tertiary alicyclic amines) is 2. The SMILES string of the molecule is Cc1cccc(CN2C[C@H]3CN(C(=O)c4ccnn4C)C[C@H]3C2=O)n1. The number of carbonyl (C=O) groups is 2. The highest BCUT2D eigenvalue weighted by atomic mass is 16.2. The average Bonchev–Trinajstić information content (AvgIpc) is 3.25. The van der Waals surface area contributed by atoms with Gasteiger partial charge in [-0.1, -0.05) is 6.07 Å². The number of nitrogens with zero attached hydrogens (tertiary/aromatic N) is 5. The molecule has 2 aromatic rings. The van der Waals surface area contributed by atoms with Crippen LogP contribution in [0.15, 0.2) is 30.5 Å². The zero-order valence-electron chi connectivity index (χ0n) is 14.4. The van der Waals surface area contributed by atoms with E-state index in [1.54, 1.807) is 28.9 Å². The fourth-order valence-electron chi connectivity index (χ4n) is 3.88. The number of fused-ring (bicyclic) bond motifs is 1. The molecule has 0 radical (unpaired) electrons. The lowest BCUT2D eigenvalue weighted by atomic mass is 10.0. The van der Waals surface area contributed by atoms with Gasteiger partial charge in [0.1, 0.15) is 5.69 Å². The van der Waals surface area contributed by atoms with Crippen molar-refractivity contribution in [1.82, 2.24) is 24.6 Å². The summed E-state index contributed by atoms with van der Waals surface area (Å²) < 4.78 is 1.58. The van der Waals surface area contributed by atoms with E-state index in [1.165, 1.54) is 0 Å². The van der Waals surface area contributed by atoms with Gasteiger partial charge in [0, 0.05) is 44.5 Å². The molecule has 2 fully saturated rings. The highest BCUT2D eigenvalue weighted by Gasteiger charge is 2.47. The predicted octanol–water partition coefficient (Wildman–Crippen LogP) is 0.854. The minimum Gasteiger partial charge on any atom is -0.336 e. The largest absolute Gasteiger partial charge is 0.336 e. The van der Waals surface area contributed by atoms with Gasteiger partial charge in [0.05, 0.1) is 18.2 Å². The molecule has 4 rings (SSSR count). The van der Waals surface area contributed by atoms with Crippen LogP contribution < -0.4 is 0 Å². The molecule has 0 aliphatic carbocycles. The molecule has 0 spiro atoms.